The third-order valence-corrected chi connectivity index (χ3v) is 2.81. The number of nitrogens with one attached hydrogen (secondary N) is 1. The van der Waals surface area contributed by atoms with E-state index >= 15 is 0 Å². The van der Waals surface area contributed by atoms with E-state index in [4.69, 9.17) is 9.84 Å². The van der Waals surface area contributed by atoms with E-state index in [2.05, 4.69) is 0 Å². The highest BCUT2D eigenvalue weighted by molar-refractivity contribution is 6.00. The first-order valence-electron chi connectivity index (χ1n) is 5.52. The highest BCUT2D eigenvalue weighted by atomic mass is 19.4. The zero-order chi connectivity index (χ0) is 16.4. The average Bonchev–Trinajstić information content (AvgIpc) is 2.37. The number of methoxy groups -OCH3 is 1. The number of alkyl halides is 3. The van der Waals surface area contributed by atoms with Crippen LogP contribution in [0.25, 0.3) is 0 Å². The molecule has 0 aromatic heterocycles. The highest BCUT2D eigenvalue weighted by Crippen LogP contribution is 2.31. The Morgan fingerprint density at radius 1 is 1.29 bits per heavy atom. The van der Waals surface area contributed by atoms with Gasteiger partial charge in [0.2, 0.25) is 5.54 Å². The second kappa shape index (κ2) is 5.51. The fourth-order valence-corrected chi connectivity index (χ4v) is 1.36. The van der Waals surface area contributed by atoms with Gasteiger partial charge in [-0.2, -0.15) is 13.2 Å². The molecule has 0 saturated heterocycles. The van der Waals surface area contributed by atoms with E-state index in [1.54, 1.807) is 0 Å². The number of carbonyl (C=O) groups is 2. The summed E-state index contributed by atoms with van der Waals surface area (Å²) in [5, 5.41) is 19.6. The van der Waals surface area contributed by atoms with Gasteiger partial charge in [-0.05, 0) is 25.1 Å². The van der Waals surface area contributed by atoms with E-state index < -0.39 is 34.9 Å². The molecule has 1 rings (SSSR count). The summed E-state index contributed by atoms with van der Waals surface area (Å²) >= 11 is 0. The number of halogens is 3. The van der Waals surface area contributed by atoms with E-state index in [9.17, 15) is 27.9 Å². The number of rotatable bonds is 4. The van der Waals surface area contributed by atoms with Crippen LogP contribution in [0, 0.1) is 0 Å². The predicted molar refractivity (Wildman–Crippen MR) is 64.2 cm³/mol. The van der Waals surface area contributed by atoms with Gasteiger partial charge in [-0.3, -0.25) is 4.79 Å². The minimum Gasteiger partial charge on any atom is -0.507 e. The van der Waals surface area contributed by atoms with Crippen molar-refractivity contribution in [3.05, 3.63) is 23.8 Å². The first-order valence-corrected chi connectivity index (χ1v) is 5.52. The summed E-state index contributed by atoms with van der Waals surface area (Å²) in [7, 11) is 1.26. The van der Waals surface area contributed by atoms with Gasteiger partial charge in [0.25, 0.3) is 5.91 Å². The van der Waals surface area contributed by atoms with Gasteiger partial charge in [0, 0.05) is 0 Å². The number of ether oxygens (including phenoxy) is 1. The maximum absolute atomic E-state index is 12.8. The number of aromatic hydroxyl groups is 1. The number of carboxylic acids is 1. The monoisotopic (exact) mass is 307 g/mol. The molecule has 1 aromatic carbocycles. The largest absolute Gasteiger partial charge is 0.507 e. The minimum absolute atomic E-state index is 0.113. The molecule has 0 spiro atoms. The van der Waals surface area contributed by atoms with Crippen LogP contribution in [0.4, 0.5) is 13.2 Å². The minimum atomic E-state index is -5.22. The van der Waals surface area contributed by atoms with Crippen molar-refractivity contribution >= 4 is 11.9 Å². The molecule has 0 heterocycles. The normalized spacial score (nSPS) is 14.1. The Kier molecular flexibility index (Phi) is 4.35. The van der Waals surface area contributed by atoms with Crippen LogP contribution in [-0.2, 0) is 4.79 Å². The third-order valence-electron chi connectivity index (χ3n) is 2.81. The second-order valence-corrected chi connectivity index (χ2v) is 4.27. The van der Waals surface area contributed by atoms with Crippen molar-refractivity contribution in [2.45, 2.75) is 18.6 Å². The van der Waals surface area contributed by atoms with Crippen LogP contribution < -0.4 is 10.1 Å². The van der Waals surface area contributed by atoms with E-state index in [0.29, 0.717) is 6.92 Å². The molecule has 1 aromatic rings. The average molecular weight is 307 g/mol. The summed E-state index contributed by atoms with van der Waals surface area (Å²) < 4.78 is 43.2. The first kappa shape index (κ1) is 16.6. The number of hydrogen-bond donors (Lipinski definition) is 3. The number of amides is 1. The van der Waals surface area contributed by atoms with Crippen molar-refractivity contribution in [3.8, 4) is 11.5 Å². The molecule has 1 amide bonds. The van der Waals surface area contributed by atoms with E-state index in [1.165, 1.54) is 18.5 Å². The standard InChI is InChI=1S/C12H12F3NO5/c1-11(10(19)20,12(13,14)15)16-9(18)7-5-6(21-2)3-4-8(7)17/h3-5,17H,1-2H3,(H,16,18)(H,19,20). The summed E-state index contributed by atoms with van der Waals surface area (Å²) in [6, 6.07) is 3.31. The quantitative estimate of drug-likeness (QED) is 0.784. The van der Waals surface area contributed by atoms with Crippen molar-refractivity contribution in [1.82, 2.24) is 5.32 Å². The zero-order valence-corrected chi connectivity index (χ0v) is 11.0. The molecule has 116 valence electrons. The summed E-state index contributed by atoms with van der Waals surface area (Å²) in [6.45, 7) is 0.310. The lowest BCUT2D eigenvalue weighted by atomic mass is 10.0. The number of hydrogen-bond acceptors (Lipinski definition) is 4. The molecule has 0 aliphatic rings. The summed E-state index contributed by atoms with van der Waals surface area (Å²) in [5.41, 5.74) is -4.02. The summed E-state index contributed by atoms with van der Waals surface area (Å²) in [6.07, 6.45) is -5.22. The smallest absolute Gasteiger partial charge is 0.422 e. The molecule has 3 N–H and O–H groups in total. The molecule has 1 unspecified atom stereocenters. The Morgan fingerprint density at radius 2 is 1.86 bits per heavy atom. The van der Waals surface area contributed by atoms with Crippen LogP contribution in [0.15, 0.2) is 18.2 Å². The van der Waals surface area contributed by atoms with Gasteiger partial charge in [0.05, 0.1) is 12.7 Å². The Labute approximate surface area is 117 Å². The molecular weight excluding hydrogens is 295 g/mol. The molecule has 1 atom stereocenters. The van der Waals surface area contributed by atoms with Crippen LogP contribution in [0.1, 0.15) is 17.3 Å². The topological polar surface area (TPSA) is 95.9 Å². The molecule has 0 bridgehead atoms. The van der Waals surface area contributed by atoms with E-state index in [-0.39, 0.29) is 5.75 Å². The molecule has 6 nitrogen and oxygen atoms in total. The predicted octanol–water partition coefficient (Wildman–Crippen LogP) is 1.54. The van der Waals surface area contributed by atoms with Gasteiger partial charge in [0.15, 0.2) is 0 Å². The van der Waals surface area contributed by atoms with Gasteiger partial charge in [-0.25, -0.2) is 4.79 Å². The van der Waals surface area contributed by atoms with Gasteiger partial charge in [-0.15, -0.1) is 0 Å². The third kappa shape index (κ3) is 3.18. The number of benzene rings is 1. The summed E-state index contributed by atoms with van der Waals surface area (Å²) in [5.74, 6) is -4.16. The molecule has 0 aliphatic carbocycles. The maximum atomic E-state index is 12.8. The fourth-order valence-electron chi connectivity index (χ4n) is 1.36. The first-order chi connectivity index (χ1) is 9.52. The van der Waals surface area contributed by atoms with Gasteiger partial charge < -0.3 is 20.3 Å². The van der Waals surface area contributed by atoms with E-state index in [1.807, 2.05) is 0 Å². The van der Waals surface area contributed by atoms with Gasteiger partial charge in [0.1, 0.15) is 11.5 Å². The lowest BCUT2D eigenvalue weighted by Crippen LogP contribution is -2.61. The van der Waals surface area contributed by atoms with Crippen molar-refractivity contribution in [2.75, 3.05) is 7.11 Å². The van der Waals surface area contributed by atoms with Crippen molar-refractivity contribution in [2.24, 2.45) is 0 Å². The van der Waals surface area contributed by atoms with Crippen LogP contribution in [-0.4, -0.2) is 40.9 Å². The highest BCUT2D eigenvalue weighted by Gasteiger charge is 2.58. The molecule has 21 heavy (non-hydrogen) atoms. The Hall–Kier alpha value is -2.45. The van der Waals surface area contributed by atoms with Gasteiger partial charge in [-0.1, -0.05) is 0 Å². The Morgan fingerprint density at radius 3 is 2.29 bits per heavy atom. The van der Waals surface area contributed by atoms with Crippen LogP contribution >= 0.6 is 0 Å². The summed E-state index contributed by atoms with van der Waals surface area (Å²) in [4.78, 5) is 22.6. The number of phenols is 1. The molecule has 0 fully saturated rings. The van der Waals surface area contributed by atoms with Crippen LogP contribution in [0.2, 0.25) is 0 Å². The fraction of sp³-hybridized carbons (Fsp3) is 0.333. The van der Waals surface area contributed by atoms with Gasteiger partial charge >= 0.3 is 12.1 Å². The number of carboxylic acid groups (broad SMARTS) is 1. The molecule has 0 saturated carbocycles. The van der Waals surface area contributed by atoms with Crippen molar-refractivity contribution in [3.63, 3.8) is 0 Å². The molecule has 0 aliphatic heterocycles. The zero-order valence-electron chi connectivity index (χ0n) is 11.0. The van der Waals surface area contributed by atoms with Crippen molar-refractivity contribution in [1.29, 1.82) is 0 Å². The lowest BCUT2D eigenvalue weighted by molar-refractivity contribution is -0.203. The number of aliphatic carboxylic acids is 1. The number of phenolic OH excluding ortho intramolecular Hbond substituents is 1. The molecule has 9 heteroatoms. The molecule has 0 radical (unpaired) electrons. The SMILES string of the molecule is COc1ccc(O)c(C(=O)NC(C)(C(=O)O)C(F)(F)F)c1. The Balaban J connectivity index is 3.18. The Bertz CT molecular complexity index is 573. The van der Waals surface area contributed by atoms with Crippen LogP contribution in [0.3, 0.4) is 0 Å². The van der Waals surface area contributed by atoms with Crippen molar-refractivity contribution < 1.29 is 37.7 Å². The maximum Gasteiger partial charge on any atom is 0.422 e. The lowest BCUT2D eigenvalue weighted by Gasteiger charge is -2.28. The second-order valence-electron chi connectivity index (χ2n) is 4.27. The van der Waals surface area contributed by atoms with E-state index in [0.717, 1.165) is 12.1 Å². The molecular formula is C12H12F3NO5. The number of carbonyl (C=O) groups excluding carboxylic acids is 1. The van der Waals surface area contributed by atoms with Crippen LogP contribution in [0.5, 0.6) is 11.5 Å².